The lowest BCUT2D eigenvalue weighted by Gasteiger charge is -2.27. The molecule has 1 unspecified atom stereocenters. The number of benzene rings is 2. The van der Waals surface area contributed by atoms with E-state index in [9.17, 15) is 0 Å². The average Bonchev–Trinajstić information content (AvgIpc) is 3.05. The highest BCUT2D eigenvalue weighted by Crippen LogP contribution is 2.24. The van der Waals surface area contributed by atoms with Gasteiger partial charge in [0.05, 0.1) is 12.4 Å². The van der Waals surface area contributed by atoms with Gasteiger partial charge in [0.2, 0.25) is 0 Å². The number of allylic oxidation sites excluding steroid dienone is 1. The SMILES string of the molecule is C(=C\C1CCNCC1)/c1cncc(Oc2ccccc2)c1.CN1CCCC(/C=C/c2cncc(Oc3ccccc3)c2)C1. The number of hydrogen-bond donors (Lipinski definition) is 1. The smallest absolute Gasteiger partial charge is 0.146 e. The number of piperidine rings is 2. The molecule has 0 saturated carbocycles. The van der Waals surface area contributed by atoms with Gasteiger partial charge in [-0.2, -0.15) is 0 Å². The molecule has 2 aromatic heterocycles. The number of para-hydroxylation sites is 2. The van der Waals surface area contributed by atoms with Crippen LogP contribution in [0.15, 0.2) is 110 Å². The lowest BCUT2D eigenvalue weighted by atomic mass is 9.97. The molecule has 0 amide bonds. The minimum absolute atomic E-state index is 0.637. The molecular weight excluding hydrogens is 532 g/mol. The van der Waals surface area contributed by atoms with Crippen LogP contribution in [0.3, 0.4) is 0 Å². The van der Waals surface area contributed by atoms with Gasteiger partial charge in [-0.05, 0) is 112 Å². The van der Waals surface area contributed by atoms with Gasteiger partial charge in [0.1, 0.15) is 23.0 Å². The molecule has 222 valence electrons. The number of pyridine rings is 2. The Balaban J connectivity index is 0.000000171. The highest BCUT2D eigenvalue weighted by Gasteiger charge is 2.14. The molecule has 1 N–H and O–H groups in total. The van der Waals surface area contributed by atoms with E-state index in [1.807, 2.05) is 85.2 Å². The van der Waals surface area contributed by atoms with E-state index in [0.29, 0.717) is 11.8 Å². The molecule has 2 aliphatic heterocycles. The van der Waals surface area contributed by atoms with Gasteiger partial charge in [0.15, 0.2) is 0 Å². The maximum atomic E-state index is 5.82. The van der Waals surface area contributed by atoms with Crippen molar-refractivity contribution in [3.63, 3.8) is 0 Å². The summed E-state index contributed by atoms with van der Waals surface area (Å²) < 4.78 is 11.6. The first-order chi connectivity index (χ1) is 21.2. The number of aromatic nitrogens is 2. The van der Waals surface area contributed by atoms with Crippen molar-refractivity contribution < 1.29 is 9.47 Å². The molecule has 0 spiro atoms. The quantitative estimate of drug-likeness (QED) is 0.229. The van der Waals surface area contributed by atoms with E-state index >= 15 is 0 Å². The van der Waals surface area contributed by atoms with E-state index in [-0.39, 0.29) is 0 Å². The zero-order chi connectivity index (χ0) is 29.5. The molecular formula is C37H42N4O2. The monoisotopic (exact) mass is 574 g/mol. The van der Waals surface area contributed by atoms with Crippen molar-refractivity contribution in [3.05, 3.63) is 121 Å². The Morgan fingerprint density at radius 2 is 1.21 bits per heavy atom. The van der Waals surface area contributed by atoms with Crippen LogP contribution >= 0.6 is 0 Å². The van der Waals surface area contributed by atoms with Crippen LogP contribution in [0.5, 0.6) is 23.0 Å². The van der Waals surface area contributed by atoms with E-state index in [2.05, 4.69) is 51.5 Å². The predicted octanol–water partition coefficient (Wildman–Crippen LogP) is 8.12. The second-order valence-corrected chi connectivity index (χ2v) is 11.2. The summed E-state index contributed by atoms with van der Waals surface area (Å²) in [5.74, 6) is 4.52. The highest BCUT2D eigenvalue weighted by atomic mass is 16.5. The molecule has 2 saturated heterocycles. The second kappa shape index (κ2) is 16.4. The summed E-state index contributed by atoms with van der Waals surface area (Å²) in [6.07, 6.45) is 21.1. The first-order valence-corrected chi connectivity index (χ1v) is 15.3. The van der Waals surface area contributed by atoms with Crippen molar-refractivity contribution in [2.24, 2.45) is 11.8 Å². The van der Waals surface area contributed by atoms with Crippen molar-refractivity contribution >= 4 is 12.2 Å². The maximum Gasteiger partial charge on any atom is 0.146 e. The third-order valence-electron chi connectivity index (χ3n) is 7.59. The fourth-order valence-corrected chi connectivity index (χ4v) is 5.31. The standard InChI is InChI=1S/C19H22N2O.C18H20N2O/c1-21-11-5-6-16(15-21)9-10-17-12-19(14-20-13-17)22-18-7-3-2-4-8-18;1-2-4-17(5-3-1)21-18-12-16(13-20-14-18)7-6-15-8-10-19-11-9-15/h2-4,7-10,12-14,16H,5-6,11,15H2,1H3;1-7,12-15,19H,8-11H2/b10-9+;7-6+. The lowest BCUT2D eigenvalue weighted by molar-refractivity contribution is 0.238. The molecule has 2 aromatic carbocycles. The van der Waals surface area contributed by atoms with Gasteiger partial charge in [-0.3, -0.25) is 9.97 Å². The van der Waals surface area contributed by atoms with Crippen LogP contribution in [0.1, 0.15) is 36.8 Å². The lowest BCUT2D eigenvalue weighted by Crippen LogP contribution is -2.30. The fourth-order valence-electron chi connectivity index (χ4n) is 5.31. The molecule has 6 nitrogen and oxygen atoms in total. The zero-order valence-electron chi connectivity index (χ0n) is 25.0. The van der Waals surface area contributed by atoms with Crippen LogP contribution < -0.4 is 14.8 Å². The van der Waals surface area contributed by atoms with Gasteiger partial charge >= 0.3 is 0 Å². The molecule has 0 radical (unpaired) electrons. The van der Waals surface area contributed by atoms with Crippen LogP contribution in [-0.4, -0.2) is 48.1 Å². The summed E-state index contributed by atoms with van der Waals surface area (Å²) in [6.45, 7) is 4.59. The van der Waals surface area contributed by atoms with Gasteiger partial charge in [-0.15, -0.1) is 0 Å². The Morgan fingerprint density at radius 3 is 1.74 bits per heavy atom. The third kappa shape index (κ3) is 10.5. The predicted molar refractivity (Wildman–Crippen MR) is 175 cm³/mol. The van der Waals surface area contributed by atoms with E-state index < -0.39 is 0 Å². The summed E-state index contributed by atoms with van der Waals surface area (Å²) in [4.78, 5) is 10.9. The molecule has 4 aromatic rings. The van der Waals surface area contributed by atoms with E-state index in [1.54, 1.807) is 12.4 Å². The Labute approximate surface area is 256 Å². The van der Waals surface area contributed by atoms with Crippen molar-refractivity contribution in [3.8, 4) is 23.0 Å². The minimum atomic E-state index is 0.637. The number of nitrogens with one attached hydrogen (secondary N) is 1. The number of rotatable bonds is 8. The molecule has 43 heavy (non-hydrogen) atoms. The van der Waals surface area contributed by atoms with Crippen LogP contribution in [0.4, 0.5) is 0 Å². The molecule has 6 heteroatoms. The van der Waals surface area contributed by atoms with Crippen molar-refractivity contribution in [1.82, 2.24) is 20.2 Å². The second-order valence-electron chi connectivity index (χ2n) is 11.2. The highest BCUT2D eigenvalue weighted by molar-refractivity contribution is 5.51. The first-order valence-electron chi connectivity index (χ1n) is 15.3. The number of ether oxygens (including phenoxy) is 2. The summed E-state index contributed by atoms with van der Waals surface area (Å²) in [6, 6.07) is 23.6. The van der Waals surface area contributed by atoms with Gasteiger partial charge < -0.3 is 19.7 Å². The Morgan fingerprint density at radius 1 is 0.674 bits per heavy atom. The topological polar surface area (TPSA) is 59.5 Å². The Kier molecular flexibility index (Phi) is 11.5. The molecule has 1 atom stereocenters. The molecule has 6 rings (SSSR count). The van der Waals surface area contributed by atoms with Gasteiger partial charge in [-0.25, -0.2) is 0 Å². The van der Waals surface area contributed by atoms with E-state index in [4.69, 9.17) is 9.47 Å². The first kappa shape index (κ1) is 30.2. The van der Waals surface area contributed by atoms with Gasteiger partial charge in [-0.1, -0.05) is 60.7 Å². The van der Waals surface area contributed by atoms with Gasteiger partial charge in [0, 0.05) is 18.9 Å². The number of likely N-dealkylation sites (tertiary alicyclic amines) is 1. The van der Waals surface area contributed by atoms with Crippen molar-refractivity contribution in [2.75, 3.05) is 33.2 Å². The van der Waals surface area contributed by atoms with Crippen LogP contribution in [0.2, 0.25) is 0 Å². The van der Waals surface area contributed by atoms with E-state index in [1.165, 1.54) is 32.2 Å². The molecule has 0 bridgehead atoms. The van der Waals surface area contributed by atoms with Crippen LogP contribution in [-0.2, 0) is 0 Å². The largest absolute Gasteiger partial charge is 0.456 e. The van der Waals surface area contributed by atoms with Gasteiger partial charge in [0.25, 0.3) is 0 Å². The third-order valence-corrected chi connectivity index (χ3v) is 7.59. The number of nitrogens with zero attached hydrogens (tertiary/aromatic N) is 3. The average molecular weight is 575 g/mol. The maximum absolute atomic E-state index is 5.82. The summed E-state index contributed by atoms with van der Waals surface area (Å²) in [7, 11) is 2.19. The summed E-state index contributed by atoms with van der Waals surface area (Å²) in [5.41, 5.74) is 2.17. The molecule has 2 aliphatic rings. The molecule has 2 fully saturated rings. The van der Waals surface area contributed by atoms with Crippen molar-refractivity contribution in [1.29, 1.82) is 0 Å². The van der Waals surface area contributed by atoms with Crippen LogP contribution in [0.25, 0.3) is 12.2 Å². The van der Waals surface area contributed by atoms with Crippen molar-refractivity contribution in [2.45, 2.75) is 25.7 Å². The van der Waals surface area contributed by atoms with Crippen LogP contribution in [0, 0.1) is 11.8 Å². The number of hydrogen-bond acceptors (Lipinski definition) is 6. The normalized spacial score (nSPS) is 17.8. The Bertz CT molecular complexity index is 1440. The van der Waals surface area contributed by atoms with E-state index in [0.717, 1.165) is 53.8 Å². The molecule has 0 aliphatic carbocycles. The molecule has 4 heterocycles. The fraction of sp³-hybridized carbons (Fsp3) is 0.297. The Hall–Kier alpha value is -4.26. The minimum Gasteiger partial charge on any atom is -0.456 e. The summed E-state index contributed by atoms with van der Waals surface area (Å²) >= 11 is 0. The zero-order valence-corrected chi connectivity index (χ0v) is 25.0. The summed E-state index contributed by atoms with van der Waals surface area (Å²) in [5, 5.41) is 3.38.